The van der Waals surface area contributed by atoms with Crippen molar-refractivity contribution < 1.29 is 4.92 Å². The van der Waals surface area contributed by atoms with E-state index in [1.54, 1.807) is 7.05 Å². The minimum absolute atomic E-state index is 0.0734. The lowest BCUT2D eigenvalue weighted by Crippen LogP contribution is -2.27. The third-order valence-electron chi connectivity index (χ3n) is 4.13. The molecule has 0 aromatic carbocycles. The average molecular weight is 293 g/mol. The smallest absolute Gasteiger partial charge is 0.353 e. The highest BCUT2D eigenvalue weighted by Gasteiger charge is 2.26. The number of hydrogen-bond donors (Lipinski definition) is 2. The van der Waals surface area contributed by atoms with E-state index in [1.807, 2.05) is 0 Å². The molecule has 2 rings (SSSR count). The molecule has 1 aliphatic carbocycles. The molecule has 0 saturated heterocycles. The summed E-state index contributed by atoms with van der Waals surface area (Å²) in [6.07, 6.45) is 8.31. The molecule has 0 spiro atoms. The van der Waals surface area contributed by atoms with Gasteiger partial charge in [-0.2, -0.15) is 0 Å². The molecule has 1 heterocycles. The van der Waals surface area contributed by atoms with Crippen molar-refractivity contribution in [3.63, 3.8) is 0 Å². The van der Waals surface area contributed by atoms with Crippen LogP contribution in [0.5, 0.6) is 0 Å². The molecule has 7 nitrogen and oxygen atoms in total. The quantitative estimate of drug-likeness (QED) is 0.618. The molecule has 0 bridgehead atoms. The van der Waals surface area contributed by atoms with Crippen molar-refractivity contribution in [3.8, 4) is 0 Å². The van der Waals surface area contributed by atoms with Crippen molar-refractivity contribution >= 4 is 17.3 Å². The first-order chi connectivity index (χ1) is 10.2. The van der Waals surface area contributed by atoms with E-state index < -0.39 is 4.92 Å². The Morgan fingerprint density at radius 2 is 1.95 bits per heavy atom. The van der Waals surface area contributed by atoms with Gasteiger partial charge in [0.1, 0.15) is 6.33 Å². The van der Waals surface area contributed by atoms with E-state index in [2.05, 4.69) is 27.5 Å². The molecular formula is C14H23N5O2. The molecule has 0 unspecified atom stereocenters. The zero-order valence-corrected chi connectivity index (χ0v) is 12.6. The second-order valence-corrected chi connectivity index (χ2v) is 5.58. The van der Waals surface area contributed by atoms with E-state index in [9.17, 15) is 10.1 Å². The predicted molar refractivity (Wildman–Crippen MR) is 82.5 cm³/mol. The first-order valence-electron chi connectivity index (χ1n) is 7.59. The summed E-state index contributed by atoms with van der Waals surface area (Å²) in [5.74, 6) is 1.37. The lowest BCUT2D eigenvalue weighted by atomic mass is 9.83. The highest BCUT2D eigenvalue weighted by Crippen LogP contribution is 2.33. The van der Waals surface area contributed by atoms with Gasteiger partial charge in [0.05, 0.1) is 4.92 Å². The SMILES string of the molecule is CCCC1CCC(Nc2ncnc(NC)c2[N+](=O)[O-])CC1. The number of anilines is 2. The van der Waals surface area contributed by atoms with E-state index in [0.29, 0.717) is 5.82 Å². The van der Waals surface area contributed by atoms with Gasteiger partial charge >= 0.3 is 5.69 Å². The Morgan fingerprint density at radius 1 is 1.29 bits per heavy atom. The second-order valence-electron chi connectivity index (χ2n) is 5.58. The fourth-order valence-corrected chi connectivity index (χ4v) is 3.04. The predicted octanol–water partition coefficient (Wildman–Crippen LogP) is 3.20. The molecule has 0 atom stereocenters. The van der Waals surface area contributed by atoms with Crippen LogP contribution in [0, 0.1) is 16.0 Å². The summed E-state index contributed by atoms with van der Waals surface area (Å²) in [6.45, 7) is 2.22. The maximum atomic E-state index is 11.2. The standard InChI is InChI=1S/C14H23N5O2/c1-3-4-10-5-7-11(8-6-10)18-14-12(19(20)21)13(15-2)16-9-17-14/h9-11H,3-8H2,1-2H3,(H2,15,16,17,18). The van der Waals surface area contributed by atoms with Gasteiger partial charge in [0.15, 0.2) is 0 Å². The van der Waals surface area contributed by atoms with E-state index in [-0.39, 0.29) is 17.5 Å². The summed E-state index contributed by atoms with van der Waals surface area (Å²) in [7, 11) is 1.62. The summed E-state index contributed by atoms with van der Waals surface area (Å²) < 4.78 is 0. The summed E-state index contributed by atoms with van der Waals surface area (Å²) in [6, 6.07) is 0.261. The van der Waals surface area contributed by atoms with Crippen molar-refractivity contribution in [2.75, 3.05) is 17.7 Å². The maximum absolute atomic E-state index is 11.2. The molecule has 0 aliphatic heterocycles. The van der Waals surface area contributed by atoms with Crippen LogP contribution in [-0.4, -0.2) is 28.0 Å². The molecule has 1 fully saturated rings. The number of hydrogen-bond acceptors (Lipinski definition) is 6. The second kappa shape index (κ2) is 7.19. The number of nitro groups is 1. The summed E-state index contributed by atoms with van der Waals surface area (Å²) in [5.41, 5.74) is -0.0734. The first kappa shape index (κ1) is 15.5. The van der Waals surface area contributed by atoms with Crippen LogP contribution in [0.1, 0.15) is 45.4 Å². The number of nitrogens with one attached hydrogen (secondary N) is 2. The van der Waals surface area contributed by atoms with Crippen LogP contribution >= 0.6 is 0 Å². The molecule has 21 heavy (non-hydrogen) atoms. The average Bonchev–Trinajstić information content (AvgIpc) is 2.49. The van der Waals surface area contributed by atoms with Crippen LogP contribution in [-0.2, 0) is 0 Å². The van der Waals surface area contributed by atoms with Crippen molar-refractivity contribution in [1.29, 1.82) is 0 Å². The Hall–Kier alpha value is -1.92. The molecule has 0 radical (unpaired) electrons. The molecule has 1 aromatic heterocycles. The lowest BCUT2D eigenvalue weighted by molar-refractivity contribution is -0.383. The minimum atomic E-state index is -0.434. The first-order valence-corrected chi connectivity index (χ1v) is 7.59. The van der Waals surface area contributed by atoms with E-state index in [4.69, 9.17) is 0 Å². The van der Waals surface area contributed by atoms with Gasteiger partial charge in [0.25, 0.3) is 0 Å². The van der Waals surface area contributed by atoms with E-state index in [1.165, 1.54) is 32.0 Å². The van der Waals surface area contributed by atoms with E-state index in [0.717, 1.165) is 18.8 Å². The van der Waals surface area contributed by atoms with Gasteiger partial charge in [-0.05, 0) is 31.6 Å². The lowest BCUT2D eigenvalue weighted by Gasteiger charge is -2.29. The molecule has 0 amide bonds. The summed E-state index contributed by atoms with van der Waals surface area (Å²) in [5, 5.41) is 17.2. The van der Waals surface area contributed by atoms with Gasteiger partial charge < -0.3 is 10.6 Å². The van der Waals surface area contributed by atoms with Gasteiger partial charge in [0.2, 0.25) is 11.6 Å². The van der Waals surface area contributed by atoms with Crippen LogP contribution in [0.2, 0.25) is 0 Å². The minimum Gasteiger partial charge on any atom is -0.367 e. The van der Waals surface area contributed by atoms with Gasteiger partial charge in [-0.15, -0.1) is 0 Å². The summed E-state index contributed by atoms with van der Waals surface area (Å²) in [4.78, 5) is 18.8. The maximum Gasteiger partial charge on any atom is 0.353 e. The highest BCUT2D eigenvalue weighted by molar-refractivity contribution is 5.69. The van der Waals surface area contributed by atoms with E-state index >= 15 is 0 Å². The van der Waals surface area contributed by atoms with Crippen LogP contribution < -0.4 is 10.6 Å². The largest absolute Gasteiger partial charge is 0.367 e. The highest BCUT2D eigenvalue weighted by atomic mass is 16.6. The molecule has 116 valence electrons. The fourth-order valence-electron chi connectivity index (χ4n) is 3.04. The Labute approximate surface area is 124 Å². The van der Waals surface area contributed by atoms with Gasteiger partial charge in [-0.25, -0.2) is 9.97 Å². The fraction of sp³-hybridized carbons (Fsp3) is 0.714. The van der Waals surface area contributed by atoms with Crippen LogP contribution in [0.25, 0.3) is 0 Å². The molecule has 7 heteroatoms. The van der Waals surface area contributed by atoms with Crippen molar-refractivity contribution in [1.82, 2.24) is 9.97 Å². The van der Waals surface area contributed by atoms with Crippen molar-refractivity contribution in [2.45, 2.75) is 51.5 Å². The normalized spacial score (nSPS) is 21.8. The molecule has 1 aromatic rings. The zero-order chi connectivity index (χ0) is 15.2. The Balaban J connectivity index is 2.05. The Morgan fingerprint density at radius 3 is 2.52 bits per heavy atom. The van der Waals surface area contributed by atoms with Gasteiger partial charge in [-0.1, -0.05) is 19.8 Å². The zero-order valence-electron chi connectivity index (χ0n) is 12.6. The van der Waals surface area contributed by atoms with Crippen molar-refractivity contribution in [2.24, 2.45) is 5.92 Å². The van der Waals surface area contributed by atoms with Crippen LogP contribution in [0.4, 0.5) is 17.3 Å². The van der Waals surface area contributed by atoms with Gasteiger partial charge in [0, 0.05) is 13.1 Å². The third kappa shape index (κ3) is 3.80. The topological polar surface area (TPSA) is 93.0 Å². The van der Waals surface area contributed by atoms with Gasteiger partial charge in [-0.3, -0.25) is 10.1 Å². The third-order valence-corrected chi connectivity index (χ3v) is 4.13. The number of nitrogens with zero attached hydrogens (tertiary/aromatic N) is 3. The Bertz CT molecular complexity index is 486. The number of aromatic nitrogens is 2. The molecule has 1 aliphatic rings. The molecular weight excluding hydrogens is 270 g/mol. The Kier molecular flexibility index (Phi) is 5.30. The molecule has 1 saturated carbocycles. The summed E-state index contributed by atoms with van der Waals surface area (Å²) >= 11 is 0. The van der Waals surface area contributed by atoms with Crippen molar-refractivity contribution in [3.05, 3.63) is 16.4 Å². The van der Waals surface area contributed by atoms with Crippen LogP contribution in [0.15, 0.2) is 6.33 Å². The number of rotatable bonds is 6. The van der Waals surface area contributed by atoms with Crippen LogP contribution in [0.3, 0.4) is 0 Å². The molecule has 2 N–H and O–H groups in total. The monoisotopic (exact) mass is 293 g/mol.